The van der Waals surface area contributed by atoms with Gasteiger partial charge in [0.15, 0.2) is 0 Å². The number of phenolic OH excluding ortho intramolecular Hbond substituents is 1. The summed E-state index contributed by atoms with van der Waals surface area (Å²) in [5.74, 6) is -0.888. The second-order valence-corrected chi connectivity index (χ2v) is 3.79. The number of carboxylic acid groups (broad SMARTS) is 1. The molecule has 4 nitrogen and oxygen atoms in total. The van der Waals surface area contributed by atoms with Crippen molar-refractivity contribution in [2.75, 3.05) is 6.54 Å². The van der Waals surface area contributed by atoms with Gasteiger partial charge in [0, 0.05) is 11.6 Å². The van der Waals surface area contributed by atoms with E-state index in [9.17, 15) is 9.90 Å². The molecule has 0 spiro atoms. The molecule has 15 heavy (non-hydrogen) atoms. The number of hydrogen-bond acceptors (Lipinski definition) is 3. The molecule has 1 fully saturated rings. The van der Waals surface area contributed by atoms with Gasteiger partial charge in [-0.2, -0.15) is 0 Å². The van der Waals surface area contributed by atoms with Crippen molar-refractivity contribution in [3.63, 3.8) is 0 Å². The van der Waals surface area contributed by atoms with E-state index in [1.54, 1.807) is 19.1 Å². The lowest BCUT2D eigenvalue weighted by Gasteiger charge is -2.30. The van der Waals surface area contributed by atoms with Crippen molar-refractivity contribution in [1.29, 1.82) is 0 Å². The van der Waals surface area contributed by atoms with E-state index in [1.165, 1.54) is 0 Å². The number of carbonyl (C=O) groups is 1. The number of hydrogen-bond donors (Lipinski definition) is 3. The molecule has 3 N–H and O–H groups in total. The van der Waals surface area contributed by atoms with Crippen LogP contribution in [0.3, 0.4) is 0 Å². The Morgan fingerprint density at radius 3 is 2.67 bits per heavy atom. The van der Waals surface area contributed by atoms with Crippen molar-refractivity contribution in [2.45, 2.75) is 19.4 Å². The highest BCUT2D eigenvalue weighted by Crippen LogP contribution is 2.35. The van der Waals surface area contributed by atoms with E-state index < -0.39 is 5.97 Å². The first kappa shape index (κ1) is 9.98. The van der Waals surface area contributed by atoms with Crippen molar-refractivity contribution in [2.24, 2.45) is 0 Å². The Kier molecular flexibility index (Phi) is 2.36. The van der Waals surface area contributed by atoms with Crippen LogP contribution in [-0.4, -0.2) is 22.7 Å². The average Bonchev–Trinajstić information content (AvgIpc) is 2.09. The lowest BCUT2D eigenvalue weighted by Crippen LogP contribution is -2.36. The second-order valence-electron chi connectivity index (χ2n) is 3.79. The highest BCUT2D eigenvalue weighted by Gasteiger charge is 2.27. The predicted molar refractivity (Wildman–Crippen MR) is 55.2 cm³/mol. The van der Waals surface area contributed by atoms with Crippen LogP contribution in [0.2, 0.25) is 0 Å². The first-order valence-corrected chi connectivity index (χ1v) is 4.90. The zero-order valence-electron chi connectivity index (χ0n) is 8.45. The van der Waals surface area contributed by atoms with Crippen molar-refractivity contribution < 1.29 is 15.0 Å². The summed E-state index contributed by atoms with van der Waals surface area (Å²) in [6.45, 7) is 2.64. The molecule has 1 aliphatic rings. The second kappa shape index (κ2) is 3.55. The molecule has 0 aliphatic carbocycles. The molecular weight excluding hydrogens is 194 g/mol. The molecule has 1 atom stereocenters. The lowest BCUT2D eigenvalue weighted by molar-refractivity contribution is 0.0693. The highest BCUT2D eigenvalue weighted by atomic mass is 16.4. The van der Waals surface area contributed by atoms with E-state index in [0.717, 1.165) is 13.0 Å². The van der Waals surface area contributed by atoms with Gasteiger partial charge in [-0.05, 0) is 31.5 Å². The molecule has 1 heterocycles. The van der Waals surface area contributed by atoms with Crippen molar-refractivity contribution in [1.82, 2.24) is 5.32 Å². The number of phenols is 1. The Bertz CT molecular complexity index is 411. The summed E-state index contributed by atoms with van der Waals surface area (Å²) in [5, 5.41) is 22.0. The third kappa shape index (κ3) is 1.57. The zero-order chi connectivity index (χ0) is 11.0. The Hall–Kier alpha value is -1.55. The van der Waals surface area contributed by atoms with Gasteiger partial charge in [-0.1, -0.05) is 6.07 Å². The van der Waals surface area contributed by atoms with Crippen LogP contribution in [0.1, 0.15) is 33.9 Å². The maximum atomic E-state index is 11.0. The summed E-state index contributed by atoms with van der Waals surface area (Å²) in [5.41, 5.74) is 1.42. The van der Waals surface area contributed by atoms with Crippen molar-refractivity contribution >= 4 is 5.97 Å². The third-order valence-corrected chi connectivity index (χ3v) is 2.82. The van der Waals surface area contributed by atoms with E-state index in [4.69, 9.17) is 5.11 Å². The minimum atomic E-state index is -0.992. The van der Waals surface area contributed by atoms with Crippen LogP contribution >= 0.6 is 0 Å². The monoisotopic (exact) mass is 207 g/mol. The molecule has 0 bridgehead atoms. The van der Waals surface area contributed by atoms with Gasteiger partial charge in [-0.25, -0.2) is 4.79 Å². The maximum Gasteiger partial charge on any atom is 0.336 e. The van der Waals surface area contributed by atoms with Gasteiger partial charge in [0.2, 0.25) is 0 Å². The first-order valence-electron chi connectivity index (χ1n) is 4.90. The van der Waals surface area contributed by atoms with Crippen LogP contribution < -0.4 is 5.32 Å². The standard InChI is InChI=1S/C11H13NO3/c1-6-2-3-7(11(14)15)9(10(6)13)8-4-5-12-8/h2-3,8,12-13H,4-5H2,1H3,(H,14,15)/t8-/m1/s1. The fourth-order valence-corrected chi connectivity index (χ4v) is 1.79. The normalized spacial score (nSPS) is 19.7. The number of benzene rings is 1. The molecule has 1 saturated heterocycles. The SMILES string of the molecule is Cc1ccc(C(=O)O)c([C@H]2CCN2)c1O. The Morgan fingerprint density at radius 2 is 2.20 bits per heavy atom. The van der Waals surface area contributed by atoms with Crippen LogP contribution in [0, 0.1) is 6.92 Å². The van der Waals surface area contributed by atoms with E-state index >= 15 is 0 Å². The minimum Gasteiger partial charge on any atom is -0.507 e. The summed E-state index contributed by atoms with van der Waals surface area (Å²) >= 11 is 0. The van der Waals surface area contributed by atoms with E-state index in [-0.39, 0.29) is 17.4 Å². The van der Waals surface area contributed by atoms with Gasteiger partial charge in [-0.15, -0.1) is 0 Å². The maximum absolute atomic E-state index is 11.0. The smallest absolute Gasteiger partial charge is 0.336 e. The molecule has 4 heteroatoms. The molecule has 1 aromatic carbocycles. The number of rotatable bonds is 2. The number of nitrogens with one attached hydrogen (secondary N) is 1. The highest BCUT2D eigenvalue weighted by molar-refractivity contribution is 5.90. The molecule has 2 rings (SSSR count). The first-order chi connectivity index (χ1) is 7.11. The Morgan fingerprint density at radius 1 is 1.53 bits per heavy atom. The topological polar surface area (TPSA) is 69.6 Å². The van der Waals surface area contributed by atoms with Gasteiger partial charge in [-0.3, -0.25) is 0 Å². The number of aromatic hydroxyl groups is 1. The quantitative estimate of drug-likeness (QED) is 0.686. The number of carboxylic acids is 1. The molecule has 1 aliphatic heterocycles. The van der Waals surface area contributed by atoms with Gasteiger partial charge in [0.1, 0.15) is 5.75 Å². The largest absolute Gasteiger partial charge is 0.507 e. The molecule has 0 amide bonds. The predicted octanol–water partition coefficient (Wildman–Crippen LogP) is 1.43. The van der Waals surface area contributed by atoms with E-state index in [0.29, 0.717) is 11.1 Å². The van der Waals surface area contributed by atoms with Crippen LogP contribution in [0.4, 0.5) is 0 Å². The van der Waals surface area contributed by atoms with Crippen LogP contribution in [0.25, 0.3) is 0 Å². The van der Waals surface area contributed by atoms with Crippen molar-refractivity contribution in [3.05, 3.63) is 28.8 Å². The minimum absolute atomic E-state index is 0.0176. The van der Waals surface area contributed by atoms with Crippen LogP contribution in [0.5, 0.6) is 5.75 Å². The average molecular weight is 207 g/mol. The van der Waals surface area contributed by atoms with Gasteiger partial charge >= 0.3 is 5.97 Å². The fraction of sp³-hybridized carbons (Fsp3) is 0.364. The van der Waals surface area contributed by atoms with Crippen LogP contribution in [0.15, 0.2) is 12.1 Å². The summed E-state index contributed by atoms with van der Waals surface area (Å²) in [4.78, 5) is 11.0. The molecule has 0 saturated carbocycles. The molecule has 0 radical (unpaired) electrons. The summed E-state index contributed by atoms with van der Waals surface area (Å²) in [6.07, 6.45) is 0.872. The van der Waals surface area contributed by atoms with E-state index in [2.05, 4.69) is 5.32 Å². The van der Waals surface area contributed by atoms with Crippen molar-refractivity contribution in [3.8, 4) is 5.75 Å². The van der Waals surface area contributed by atoms with Crippen LogP contribution in [-0.2, 0) is 0 Å². The van der Waals surface area contributed by atoms with E-state index in [1.807, 2.05) is 0 Å². The number of aromatic carboxylic acids is 1. The Labute approximate surface area is 87.6 Å². The fourth-order valence-electron chi connectivity index (χ4n) is 1.79. The summed E-state index contributed by atoms with van der Waals surface area (Å²) < 4.78 is 0. The third-order valence-electron chi connectivity index (χ3n) is 2.82. The summed E-state index contributed by atoms with van der Waals surface area (Å²) in [6, 6.07) is 3.16. The molecule has 0 aromatic heterocycles. The Balaban J connectivity index is 2.54. The van der Waals surface area contributed by atoms with Gasteiger partial charge in [0.05, 0.1) is 5.56 Å². The lowest BCUT2D eigenvalue weighted by atomic mass is 9.91. The number of aryl methyl sites for hydroxylation is 1. The van der Waals surface area contributed by atoms with Gasteiger partial charge < -0.3 is 15.5 Å². The molecule has 1 aromatic rings. The van der Waals surface area contributed by atoms with Gasteiger partial charge in [0.25, 0.3) is 0 Å². The molecular formula is C11H13NO3. The summed E-state index contributed by atoms with van der Waals surface area (Å²) in [7, 11) is 0. The zero-order valence-corrected chi connectivity index (χ0v) is 8.45. The molecule has 80 valence electrons. The molecule has 0 unspecified atom stereocenters.